The Bertz CT molecular complexity index is 1260. The number of nitrogens with zero attached hydrogens (tertiary/aromatic N) is 3. The zero-order chi connectivity index (χ0) is 32.5. The van der Waals surface area contributed by atoms with Crippen molar-refractivity contribution < 1.29 is 24.6 Å². The van der Waals surface area contributed by atoms with Crippen LogP contribution in [0.4, 0.5) is 0 Å². The van der Waals surface area contributed by atoms with E-state index in [1.54, 1.807) is 19.0 Å². The number of carbonyl (C=O) groups excluding carboxylic acids is 3. The summed E-state index contributed by atoms with van der Waals surface area (Å²) in [6, 6.07) is 13.5. The van der Waals surface area contributed by atoms with Crippen LogP contribution in [0.1, 0.15) is 90.0 Å². The smallest absolute Gasteiger partial charge is 0.241 e. The summed E-state index contributed by atoms with van der Waals surface area (Å²) >= 11 is 0. The molecule has 3 amide bonds. The van der Waals surface area contributed by atoms with Crippen LogP contribution in [0.2, 0.25) is 0 Å². The standard InChI is InChI=1S/C37H55N3O5/c1-26(2)21-33(41)37(45)32(22-27-11-6-5-7-12-27)40(23-28-17-18-28)35(43)20-19-34(42)39(25-36(44)38(3)4)24-30-15-10-14-29-13-8-9-16-31(29)30/h8-10,13-16,26-28,32-33,37,41,45H,5-7,11-12,17-25H2,1-4H3/t32-,33-,37+/m0/s1. The topological polar surface area (TPSA) is 101 Å². The zero-order valence-electron chi connectivity index (χ0n) is 27.9. The number of amides is 3. The SMILES string of the molecule is CC(C)C[C@H](O)[C@H](O)[C@H](CC1CCCCC1)N(CC1CC1)C(=O)CCC(=O)N(CC(=O)N(C)C)Cc1cccc2ccccc12. The van der Waals surface area contributed by atoms with Gasteiger partial charge in [-0.2, -0.15) is 0 Å². The molecule has 8 heteroatoms. The first kappa shape index (κ1) is 34.9. The molecule has 2 aliphatic carbocycles. The molecule has 248 valence electrons. The van der Waals surface area contributed by atoms with Crippen LogP contribution in [0.25, 0.3) is 10.8 Å². The van der Waals surface area contributed by atoms with E-state index in [4.69, 9.17) is 0 Å². The lowest BCUT2D eigenvalue weighted by Gasteiger charge is -2.40. The Morgan fingerprint density at radius 1 is 0.822 bits per heavy atom. The van der Waals surface area contributed by atoms with Gasteiger partial charge in [-0.25, -0.2) is 0 Å². The van der Waals surface area contributed by atoms with Crippen LogP contribution in [0, 0.1) is 17.8 Å². The minimum atomic E-state index is -1.03. The normalized spacial score (nSPS) is 17.6. The van der Waals surface area contributed by atoms with E-state index in [1.807, 2.05) is 61.2 Å². The maximum absolute atomic E-state index is 14.0. The van der Waals surface area contributed by atoms with Crippen LogP contribution in [-0.2, 0) is 20.9 Å². The van der Waals surface area contributed by atoms with Crippen molar-refractivity contribution in [1.82, 2.24) is 14.7 Å². The molecule has 0 spiro atoms. The number of aliphatic hydroxyl groups excluding tert-OH is 2. The molecule has 2 fully saturated rings. The van der Waals surface area contributed by atoms with Gasteiger partial charge in [0, 0.05) is 40.0 Å². The minimum absolute atomic E-state index is 0.00189. The van der Waals surface area contributed by atoms with Gasteiger partial charge in [0.15, 0.2) is 0 Å². The van der Waals surface area contributed by atoms with E-state index in [0.717, 1.165) is 54.9 Å². The fraction of sp³-hybridized carbons (Fsp3) is 0.649. The predicted octanol–water partition coefficient (Wildman–Crippen LogP) is 5.38. The summed E-state index contributed by atoms with van der Waals surface area (Å²) in [6.07, 6.45) is 6.97. The molecule has 4 rings (SSSR count). The Kier molecular flexibility index (Phi) is 12.8. The Labute approximate surface area is 269 Å². The van der Waals surface area contributed by atoms with Crippen LogP contribution >= 0.6 is 0 Å². The van der Waals surface area contributed by atoms with Crippen molar-refractivity contribution in [3.05, 3.63) is 48.0 Å². The molecule has 2 saturated carbocycles. The van der Waals surface area contributed by atoms with Gasteiger partial charge in [-0.05, 0) is 59.8 Å². The number of aliphatic hydroxyl groups is 2. The van der Waals surface area contributed by atoms with Crippen molar-refractivity contribution in [3.63, 3.8) is 0 Å². The Morgan fingerprint density at radius 2 is 1.49 bits per heavy atom. The molecule has 3 atom stereocenters. The van der Waals surface area contributed by atoms with Crippen LogP contribution in [0.15, 0.2) is 42.5 Å². The van der Waals surface area contributed by atoms with Gasteiger partial charge in [0.1, 0.15) is 12.6 Å². The van der Waals surface area contributed by atoms with E-state index in [9.17, 15) is 24.6 Å². The number of carbonyl (C=O) groups is 3. The highest BCUT2D eigenvalue weighted by Gasteiger charge is 2.38. The fourth-order valence-electron chi connectivity index (χ4n) is 6.78. The van der Waals surface area contributed by atoms with Gasteiger partial charge in [0.2, 0.25) is 17.7 Å². The van der Waals surface area contributed by atoms with Gasteiger partial charge in [-0.1, -0.05) is 88.4 Å². The molecular formula is C37H55N3O5. The number of likely N-dealkylation sites (N-methyl/N-ethyl adjacent to an activating group) is 1. The third-order valence-electron chi connectivity index (χ3n) is 9.64. The summed E-state index contributed by atoms with van der Waals surface area (Å²) in [5, 5.41) is 24.6. The van der Waals surface area contributed by atoms with Crippen molar-refractivity contribution in [2.45, 2.75) is 109 Å². The largest absolute Gasteiger partial charge is 0.390 e. The second-order valence-electron chi connectivity index (χ2n) is 14.2. The van der Waals surface area contributed by atoms with Crippen LogP contribution in [-0.4, -0.2) is 88.1 Å². The van der Waals surface area contributed by atoms with E-state index >= 15 is 0 Å². The molecule has 2 N–H and O–H groups in total. The molecule has 0 radical (unpaired) electrons. The van der Waals surface area contributed by atoms with Crippen molar-refractivity contribution >= 4 is 28.5 Å². The van der Waals surface area contributed by atoms with Gasteiger partial charge >= 0.3 is 0 Å². The highest BCUT2D eigenvalue weighted by Crippen LogP contribution is 2.35. The first-order valence-corrected chi connectivity index (χ1v) is 17.1. The number of hydrogen-bond donors (Lipinski definition) is 2. The monoisotopic (exact) mass is 621 g/mol. The molecular weight excluding hydrogens is 566 g/mol. The van der Waals surface area contributed by atoms with E-state index < -0.39 is 18.2 Å². The molecule has 0 aliphatic heterocycles. The molecule has 0 heterocycles. The lowest BCUT2D eigenvalue weighted by Crippen LogP contribution is -2.53. The van der Waals surface area contributed by atoms with E-state index in [2.05, 4.69) is 0 Å². The molecule has 8 nitrogen and oxygen atoms in total. The number of hydrogen-bond acceptors (Lipinski definition) is 5. The molecule has 2 aromatic rings. The minimum Gasteiger partial charge on any atom is -0.390 e. The summed E-state index contributed by atoms with van der Waals surface area (Å²) < 4.78 is 0. The maximum Gasteiger partial charge on any atom is 0.241 e. The molecule has 0 saturated heterocycles. The fourth-order valence-corrected chi connectivity index (χ4v) is 6.78. The average Bonchev–Trinajstić information content (AvgIpc) is 3.85. The average molecular weight is 622 g/mol. The van der Waals surface area contributed by atoms with Crippen LogP contribution < -0.4 is 0 Å². The summed E-state index contributed by atoms with van der Waals surface area (Å²) in [6.45, 7) is 4.80. The summed E-state index contributed by atoms with van der Waals surface area (Å²) in [4.78, 5) is 45.4. The van der Waals surface area contributed by atoms with E-state index in [0.29, 0.717) is 31.2 Å². The summed E-state index contributed by atoms with van der Waals surface area (Å²) in [7, 11) is 3.35. The van der Waals surface area contributed by atoms with Crippen molar-refractivity contribution in [2.75, 3.05) is 27.2 Å². The first-order chi connectivity index (χ1) is 21.5. The van der Waals surface area contributed by atoms with Gasteiger partial charge < -0.3 is 24.9 Å². The zero-order valence-corrected chi connectivity index (χ0v) is 27.9. The van der Waals surface area contributed by atoms with Crippen molar-refractivity contribution in [3.8, 4) is 0 Å². The Morgan fingerprint density at radius 3 is 2.16 bits per heavy atom. The Balaban J connectivity index is 1.52. The number of benzene rings is 2. The second-order valence-corrected chi connectivity index (χ2v) is 14.2. The lowest BCUT2D eigenvalue weighted by atomic mass is 9.81. The molecule has 0 bridgehead atoms. The number of fused-ring (bicyclic) bond motifs is 1. The van der Waals surface area contributed by atoms with Crippen LogP contribution in [0.3, 0.4) is 0 Å². The molecule has 2 aromatic carbocycles. The highest BCUT2D eigenvalue weighted by atomic mass is 16.3. The molecule has 0 unspecified atom stereocenters. The van der Waals surface area contributed by atoms with Crippen LogP contribution in [0.5, 0.6) is 0 Å². The summed E-state index contributed by atoms with van der Waals surface area (Å²) in [5.41, 5.74) is 0.949. The molecule has 0 aromatic heterocycles. The lowest BCUT2D eigenvalue weighted by molar-refractivity contribution is -0.144. The highest BCUT2D eigenvalue weighted by molar-refractivity contribution is 5.89. The first-order valence-electron chi connectivity index (χ1n) is 17.1. The van der Waals surface area contributed by atoms with E-state index in [1.165, 1.54) is 11.3 Å². The maximum atomic E-state index is 14.0. The molecule has 45 heavy (non-hydrogen) atoms. The van der Waals surface area contributed by atoms with Crippen molar-refractivity contribution in [2.24, 2.45) is 17.8 Å². The second kappa shape index (κ2) is 16.5. The molecule has 2 aliphatic rings. The van der Waals surface area contributed by atoms with Crippen molar-refractivity contribution in [1.29, 1.82) is 0 Å². The summed E-state index contributed by atoms with van der Waals surface area (Å²) in [5.74, 6) is 0.438. The van der Waals surface area contributed by atoms with Gasteiger partial charge in [0.05, 0.1) is 12.1 Å². The quantitative estimate of drug-likeness (QED) is 0.262. The van der Waals surface area contributed by atoms with Gasteiger partial charge in [-0.15, -0.1) is 0 Å². The van der Waals surface area contributed by atoms with Gasteiger partial charge in [0.25, 0.3) is 0 Å². The Hall–Kier alpha value is -2.97. The third-order valence-corrected chi connectivity index (χ3v) is 9.64. The predicted molar refractivity (Wildman–Crippen MR) is 178 cm³/mol. The number of rotatable bonds is 16. The van der Waals surface area contributed by atoms with E-state index in [-0.39, 0.29) is 49.6 Å². The van der Waals surface area contributed by atoms with Gasteiger partial charge in [-0.3, -0.25) is 14.4 Å². The third kappa shape index (κ3) is 10.3.